The van der Waals surface area contributed by atoms with Crippen LogP contribution in [0.25, 0.3) is 0 Å². The number of carbonyl (C=O) groups excluding carboxylic acids is 1. The maximum Gasteiger partial charge on any atom is 0.254 e. The Morgan fingerprint density at radius 2 is 2.28 bits per heavy atom. The summed E-state index contributed by atoms with van der Waals surface area (Å²) in [5.41, 5.74) is 0.558. The van der Waals surface area contributed by atoms with Gasteiger partial charge < -0.3 is 10.0 Å². The molecule has 1 amide bonds. The number of hydrogen-bond acceptors (Lipinski definition) is 2. The number of alkyl halides is 1. The van der Waals surface area contributed by atoms with Crippen LogP contribution in [0.3, 0.4) is 0 Å². The van der Waals surface area contributed by atoms with Gasteiger partial charge in [-0.2, -0.15) is 0 Å². The van der Waals surface area contributed by atoms with Gasteiger partial charge in [-0.1, -0.05) is 22.9 Å². The summed E-state index contributed by atoms with van der Waals surface area (Å²) in [4.78, 5) is 14.5. The zero-order chi connectivity index (χ0) is 13.3. The van der Waals surface area contributed by atoms with Gasteiger partial charge in [0.1, 0.15) is 5.75 Å². The minimum Gasteiger partial charge on any atom is -0.507 e. The van der Waals surface area contributed by atoms with Gasteiger partial charge in [0.25, 0.3) is 5.91 Å². The molecule has 18 heavy (non-hydrogen) atoms. The fraction of sp³-hybridized carbons (Fsp3) is 0.462. The molecule has 5 heteroatoms. The highest BCUT2D eigenvalue weighted by atomic mass is 127. The highest BCUT2D eigenvalue weighted by molar-refractivity contribution is 14.1. The standard InChI is InChI=1S/C13H15BrINO2/c1-8-4-5-16(7-10(8)14)13(18)9-2-3-11(15)12(17)6-9/h2-3,6,8,10,17H,4-5,7H2,1H3. The van der Waals surface area contributed by atoms with Gasteiger partial charge in [0.15, 0.2) is 0 Å². The quantitative estimate of drug-likeness (QED) is 0.556. The average Bonchev–Trinajstić information content (AvgIpc) is 2.35. The molecule has 2 rings (SSSR count). The molecule has 0 radical (unpaired) electrons. The van der Waals surface area contributed by atoms with Crippen LogP contribution in [-0.2, 0) is 0 Å². The summed E-state index contributed by atoms with van der Waals surface area (Å²) in [5.74, 6) is 0.763. The van der Waals surface area contributed by atoms with Crippen LogP contribution in [0, 0.1) is 9.49 Å². The molecule has 1 aliphatic rings. The Bertz CT molecular complexity index is 466. The van der Waals surface area contributed by atoms with Gasteiger partial charge in [-0.25, -0.2) is 0 Å². The molecule has 2 unspecified atom stereocenters. The van der Waals surface area contributed by atoms with Crippen molar-refractivity contribution in [2.24, 2.45) is 5.92 Å². The van der Waals surface area contributed by atoms with Crippen LogP contribution >= 0.6 is 38.5 Å². The number of carbonyl (C=O) groups is 1. The number of piperidine rings is 1. The number of aromatic hydroxyl groups is 1. The lowest BCUT2D eigenvalue weighted by molar-refractivity contribution is 0.0705. The topological polar surface area (TPSA) is 40.5 Å². The molecule has 0 saturated carbocycles. The lowest BCUT2D eigenvalue weighted by Crippen LogP contribution is -2.43. The van der Waals surface area contributed by atoms with Crippen molar-refractivity contribution in [2.45, 2.75) is 18.2 Å². The van der Waals surface area contributed by atoms with Crippen LogP contribution < -0.4 is 0 Å². The molecule has 0 spiro atoms. The van der Waals surface area contributed by atoms with E-state index in [2.05, 4.69) is 22.9 Å². The number of rotatable bonds is 1. The number of amides is 1. The van der Waals surface area contributed by atoms with Crippen LogP contribution in [0.1, 0.15) is 23.7 Å². The van der Waals surface area contributed by atoms with Crippen LogP contribution in [0.2, 0.25) is 0 Å². The number of likely N-dealkylation sites (tertiary alicyclic amines) is 1. The Morgan fingerprint density at radius 1 is 1.56 bits per heavy atom. The Balaban J connectivity index is 2.14. The molecule has 3 nitrogen and oxygen atoms in total. The van der Waals surface area contributed by atoms with Crippen molar-refractivity contribution in [2.75, 3.05) is 13.1 Å². The minimum atomic E-state index is -0.00181. The van der Waals surface area contributed by atoms with Crippen LogP contribution in [0.15, 0.2) is 18.2 Å². The van der Waals surface area contributed by atoms with Crippen molar-refractivity contribution in [3.05, 3.63) is 27.3 Å². The second-order valence-corrected chi connectivity index (χ2v) is 7.04. The van der Waals surface area contributed by atoms with Gasteiger partial charge in [0.05, 0.1) is 3.57 Å². The zero-order valence-electron chi connectivity index (χ0n) is 10.1. The first-order chi connectivity index (χ1) is 8.49. The highest BCUT2D eigenvalue weighted by Gasteiger charge is 2.27. The summed E-state index contributed by atoms with van der Waals surface area (Å²) in [6.45, 7) is 3.71. The van der Waals surface area contributed by atoms with E-state index >= 15 is 0 Å². The number of benzene rings is 1. The maximum atomic E-state index is 12.3. The van der Waals surface area contributed by atoms with E-state index in [1.807, 2.05) is 27.5 Å². The van der Waals surface area contributed by atoms with Crippen molar-refractivity contribution in [3.63, 3.8) is 0 Å². The SMILES string of the molecule is CC1CCN(C(=O)c2ccc(I)c(O)c2)CC1Br. The van der Waals surface area contributed by atoms with Gasteiger partial charge in [0.2, 0.25) is 0 Å². The van der Waals surface area contributed by atoms with E-state index in [0.717, 1.165) is 23.1 Å². The smallest absolute Gasteiger partial charge is 0.254 e. The Labute approximate surface area is 129 Å². The molecule has 1 fully saturated rings. The molecular formula is C13H15BrINO2. The van der Waals surface area contributed by atoms with E-state index in [-0.39, 0.29) is 11.7 Å². The highest BCUT2D eigenvalue weighted by Crippen LogP contribution is 2.26. The van der Waals surface area contributed by atoms with Crippen molar-refractivity contribution >= 4 is 44.4 Å². The van der Waals surface area contributed by atoms with E-state index in [1.165, 1.54) is 0 Å². The van der Waals surface area contributed by atoms with Crippen LogP contribution in [0.5, 0.6) is 5.75 Å². The molecule has 98 valence electrons. The molecule has 2 atom stereocenters. The van der Waals surface area contributed by atoms with E-state index in [4.69, 9.17) is 0 Å². The minimum absolute atomic E-state index is 0.00181. The first kappa shape index (κ1) is 14.1. The monoisotopic (exact) mass is 423 g/mol. The summed E-state index contributed by atoms with van der Waals surface area (Å²) < 4.78 is 0.759. The predicted octanol–water partition coefficient (Wildman–Crippen LogP) is 3.24. The number of nitrogens with zero attached hydrogens (tertiary/aromatic N) is 1. The van der Waals surface area contributed by atoms with E-state index in [1.54, 1.807) is 18.2 Å². The van der Waals surface area contributed by atoms with Gasteiger partial charge in [0, 0.05) is 23.5 Å². The molecular weight excluding hydrogens is 409 g/mol. The lowest BCUT2D eigenvalue weighted by atomic mass is 9.98. The summed E-state index contributed by atoms with van der Waals surface area (Å²) in [5, 5.41) is 9.65. The fourth-order valence-corrected chi connectivity index (χ4v) is 2.98. The molecule has 0 aromatic heterocycles. The van der Waals surface area contributed by atoms with Gasteiger partial charge in [-0.15, -0.1) is 0 Å². The largest absolute Gasteiger partial charge is 0.507 e. The second-order valence-electron chi connectivity index (χ2n) is 4.70. The number of halogens is 2. The molecule has 1 aliphatic heterocycles. The van der Waals surface area contributed by atoms with Crippen molar-refractivity contribution in [1.29, 1.82) is 0 Å². The Kier molecular flexibility index (Phi) is 4.53. The van der Waals surface area contributed by atoms with Gasteiger partial charge >= 0.3 is 0 Å². The molecule has 1 N–H and O–H groups in total. The lowest BCUT2D eigenvalue weighted by Gasteiger charge is -2.34. The number of phenolic OH excluding ortho intramolecular Hbond substituents is 1. The van der Waals surface area contributed by atoms with Crippen LogP contribution in [0.4, 0.5) is 0 Å². The number of hydrogen-bond donors (Lipinski definition) is 1. The molecule has 1 aromatic rings. The molecule has 1 saturated heterocycles. The first-order valence-electron chi connectivity index (χ1n) is 5.91. The second kappa shape index (κ2) is 5.77. The summed E-state index contributed by atoms with van der Waals surface area (Å²) in [6, 6.07) is 5.08. The van der Waals surface area contributed by atoms with Gasteiger partial charge in [-0.05, 0) is 53.1 Å². The third-order valence-corrected chi connectivity index (χ3v) is 5.45. The summed E-state index contributed by atoms with van der Waals surface area (Å²) in [7, 11) is 0. The number of phenols is 1. The van der Waals surface area contributed by atoms with E-state index in [0.29, 0.717) is 16.3 Å². The molecule has 1 heterocycles. The summed E-state index contributed by atoms with van der Waals surface area (Å²) in [6.07, 6.45) is 1.01. The Hall–Kier alpha value is -0.300. The van der Waals surface area contributed by atoms with Gasteiger partial charge in [-0.3, -0.25) is 4.79 Å². The third kappa shape index (κ3) is 2.99. The summed E-state index contributed by atoms with van der Waals surface area (Å²) >= 11 is 5.66. The zero-order valence-corrected chi connectivity index (χ0v) is 13.8. The van der Waals surface area contributed by atoms with Crippen molar-refractivity contribution < 1.29 is 9.90 Å². The first-order valence-corrected chi connectivity index (χ1v) is 7.90. The van der Waals surface area contributed by atoms with E-state index in [9.17, 15) is 9.90 Å². The van der Waals surface area contributed by atoms with E-state index < -0.39 is 0 Å². The average molecular weight is 424 g/mol. The fourth-order valence-electron chi connectivity index (χ4n) is 2.03. The molecule has 0 bridgehead atoms. The molecule has 1 aromatic carbocycles. The normalized spacial score (nSPS) is 24.1. The molecule has 0 aliphatic carbocycles. The van der Waals surface area contributed by atoms with Crippen molar-refractivity contribution in [1.82, 2.24) is 4.90 Å². The van der Waals surface area contributed by atoms with Crippen molar-refractivity contribution in [3.8, 4) is 5.75 Å². The maximum absolute atomic E-state index is 12.3. The Morgan fingerprint density at radius 3 is 2.89 bits per heavy atom. The van der Waals surface area contributed by atoms with Crippen LogP contribution in [-0.4, -0.2) is 33.8 Å². The predicted molar refractivity (Wildman–Crippen MR) is 83.2 cm³/mol. The third-order valence-electron chi connectivity index (χ3n) is 3.35.